The highest BCUT2D eigenvalue weighted by Gasteiger charge is 2.16. The van der Waals surface area contributed by atoms with Gasteiger partial charge >= 0.3 is 0 Å². The van der Waals surface area contributed by atoms with E-state index < -0.39 is 0 Å². The summed E-state index contributed by atoms with van der Waals surface area (Å²) < 4.78 is 0. The molecule has 3 rings (SSSR count). The highest BCUT2D eigenvalue weighted by molar-refractivity contribution is 8.09. The topological polar surface area (TPSA) is 0 Å². The molecule has 1 aliphatic rings. The summed E-state index contributed by atoms with van der Waals surface area (Å²) in [6.45, 7) is 0. The van der Waals surface area contributed by atoms with Crippen molar-refractivity contribution >= 4 is 22.7 Å². The normalized spacial score (nSPS) is 16.9. The molecule has 0 bridgehead atoms. The Hall–Kier alpha value is -1.47. The lowest BCUT2D eigenvalue weighted by atomic mass is 10.0. The average molecular weight is 294 g/mol. The van der Waals surface area contributed by atoms with Gasteiger partial charge in [0.2, 0.25) is 0 Å². The SMILES string of the molecule is C(=C(/SC1CCCCC1)c1ccccc1)/c1ccccc1. The molecule has 0 radical (unpaired) electrons. The maximum atomic E-state index is 2.34. The monoisotopic (exact) mass is 294 g/mol. The van der Waals surface area contributed by atoms with Crippen LogP contribution in [-0.4, -0.2) is 5.25 Å². The van der Waals surface area contributed by atoms with Gasteiger partial charge in [0, 0.05) is 10.2 Å². The second-order valence-corrected chi connectivity index (χ2v) is 7.01. The molecule has 21 heavy (non-hydrogen) atoms. The minimum atomic E-state index is 0.786. The van der Waals surface area contributed by atoms with Crippen molar-refractivity contribution in [1.29, 1.82) is 0 Å². The van der Waals surface area contributed by atoms with Crippen LogP contribution in [0.2, 0.25) is 0 Å². The molecular weight excluding hydrogens is 272 g/mol. The van der Waals surface area contributed by atoms with Crippen LogP contribution < -0.4 is 0 Å². The zero-order chi connectivity index (χ0) is 14.3. The van der Waals surface area contributed by atoms with Crippen LogP contribution >= 0.6 is 11.8 Å². The Labute approximate surface area is 132 Å². The van der Waals surface area contributed by atoms with Gasteiger partial charge in [-0.3, -0.25) is 0 Å². The molecule has 0 nitrogen and oxygen atoms in total. The molecule has 2 aromatic carbocycles. The largest absolute Gasteiger partial charge is 0.122 e. The van der Waals surface area contributed by atoms with E-state index in [9.17, 15) is 0 Å². The van der Waals surface area contributed by atoms with Gasteiger partial charge in [-0.2, -0.15) is 0 Å². The fourth-order valence-electron chi connectivity index (χ4n) is 2.85. The van der Waals surface area contributed by atoms with Gasteiger partial charge in [0.1, 0.15) is 0 Å². The lowest BCUT2D eigenvalue weighted by Gasteiger charge is -2.22. The second kappa shape index (κ2) is 7.51. The standard InChI is InChI=1S/C20H22S/c1-4-10-17(11-5-1)16-20(18-12-6-2-7-13-18)21-19-14-8-3-9-15-19/h1-2,4-7,10-13,16,19H,3,8-9,14-15H2/b20-16-. The molecule has 1 aliphatic carbocycles. The first-order chi connectivity index (χ1) is 10.4. The molecule has 0 N–H and O–H groups in total. The lowest BCUT2D eigenvalue weighted by Crippen LogP contribution is -2.07. The molecule has 0 heterocycles. The number of benzene rings is 2. The van der Waals surface area contributed by atoms with E-state index in [0.717, 1.165) is 5.25 Å². The molecule has 0 aliphatic heterocycles. The fourth-order valence-corrected chi connectivity index (χ4v) is 4.26. The van der Waals surface area contributed by atoms with Gasteiger partial charge in [-0.15, -0.1) is 11.8 Å². The van der Waals surface area contributed by atoms with E-state index in [1.54, 1.807) is 0 Å². The van der Waals surface area contributed by atoms with Gasteiger partial charge in [-0.1, -0.05) is 79.9 Å². The maximum absolute atomic E-state index is 2.34. The van der Waals surface area contributed by atoms with Crippen LogP contribution in [0.4, 0.5) is 0 Å². The van der Waals surface area contributed by atoms with Crippen LogP contribution in [-0.2, 0) is 0 Å². The molecule has 1 fully saturated rings. The van der Waals surface area contributed by atoms with Gasteiger partial charge < -0.3 is 0 Å². The van der Waals surface area contributed by atoms with Crippen molar-refractivity contribution in [1.82, 2.24) is 0 Å². The summed E-state index contributed by atoms with van der Waals surface area (Å²) in [7, 11) is 0. The predicted octanol–water partition coefficient (Wildman–Crippen LogP) is 6.25. The highest BCUT2D eigenvalue weighted by atomic mass is 32.2. The first-order valence-corrected chi connectivity index (χ1v) is 8.78. The second-order valence-electron chi connectivity index (χ2n) is 5.66. The number of hydrogen-bond acceptors (Lipinski definition) is 1. The van der Waals surface area contributed by atoms with Crippen LogP contribution in [0.25, 0.3) is 11.0 Å². The van der Waals surface area contributed by atoms with Gasteiger partial charge in [0.25, 0.3) is 0 Å². The Kier molecular flexibility index (Phi) is 5.18. The van der Waals surface area contributed by atoms with E-state index in [1.165, 1.54) is 48.1 Å². The van der Waals surface area contributed by atoms with E-state index in [1.807, 2.05) is 0 Å². The third-order valence-electron chi connectivity index (χ3n) is 4.00. The van der Waals surface area contributed by atoms with Crippen molar-refractivity contribution in [2.45, 2.75) is 37.4 Å². The predicted molar refractivity (Wildman–Crippen MR) is 95.2 cm³/mol. The van der Waals surface area contributed by atoms with Gasteiger partial charge in [-0.25, -0.2) is 0 Å². The summed E-state index contributed by atoms with van der Waals surface area (Å²) in [6, 6.07) is 21.5. The minimum Gasteiger partial charge on any atom is -0.122 e. The van der Waals surface area contributed by atoms with Crippen molar-refractivity contribution in [2.24, 2.45) is 0 Å². The number of thioether (sulfide) groups is 1. The minimum absolute atomic E-state index is 0.786. The molecule has 0 spiro atoms. The average Bonchev–Trinajstić information content (AvgIpc) is 2.57. The summed E-state index contributed by atoms with van der Waals surface area (Å²) >= 11 is 2.07. The van der Waals surface area contributed by atoms with Gasteiger partial charge in [-0.05, 0) is 30.0 Å². The zero-order valence-corrected chi connectivity index (χ0v) is 13.2. The lowest BCUT2D eigenvalue weighted by molar-refractivity contribution is 0.517. The molecule has 2 aromatic rings. The van der Waals surface area contributed by atoms with E-state index in [2.05, 4.69) is 78.5 Å². The van der Waals surface area contributed by atoms with E-state index >= 15 is 0 Å². The van der Waals surface area contributed by atoms with E-state index in [0.29, 0.717) is 0 Å². The van der Waals surface area contributed by atoms with Crippen molar-refractivity contribution < 1.29 is 0 Å². The van der Waals surface area contributed by atoms with Crippen LogP contribution in [0.5, 0.6) is 0 Å². The smallest absolute Gasteiger partial charge is 0.0153 e. The van der Waals surface area contributed by atoms with Crippen molar-refractivity contribution in [3.05, 3.63) is 71.8 Å². The van der Waals surface area contributed by atoms with Crippen LogP contribution in [0.3, 0.4) is 0 Å². The zero-order valence-electron chi connectivity index (χ0n) is 12.4. The molecule has 108 valence electrons. The number of rotatable bonds is 4. The molecule has 1 heteroatoms. The molecular formula is C20H22S. The van der Waals surface area contributed by atoms with Crippen molar-refractivity contribution in [3.8, 4) is 0 Å². The van der Waals surface area contributed by atoms with Crippen LogP contribution in [0, 0.1) is 0 Å². The third kappa shape index (κ3) is 4.25. The van der Waals surface area contributed by atoms with Crippen LogP contribution in [0.1, 0.15) is 43.2 Å². The fraction of sp³-hybridized carbons (Fsp3) is 0.300. The summed E-state index contributed by atoms with van der Waals surface area (Å²) in [5.74, 6) is 0. The quantitative estimate of drug-likeness (QED) is 0.600. The van der Waals surface area contributed by atoms with Gasteiger partial charge in [0.15, 0.2) is 0 Å². The third-order valence-corrected chi connectivity index (χ3v) is 5.41. The Bertz CT molecular complexity index is 565. The summed E-state index contributed by atoms with van der Waals surface area (Å²) in [4.78, 5) is 1.41. The van der Waals surface area contributed by atoms with Crippen LogP contribution in [0.15, 0.2) is 60.7 Å². The molecule has 0 unspecified atom stereocenters. The van der Waals surface area contributed by atoms with E-state index in [-0.39, 0.29) is 0 Å². The molecule has 0 saturated heterocycles. The molecule has 0 amide bonds. The Balaban J connectivity index is 1.85. The Morgan fingerprint density at radius 3 is 2.10 bits per heavy atom. The van der Waals surface area contributed by atoms with E-state index in [4.69, 9.17) is 0 Å². The summed E-state index contributed by atoms with van der Waals surface area (Å²) in [5.41, 5.74) is 2.64. The Morgan fingerprint density at radius 1 is 0.810 bits per heavy atom. The van der Waals surface area contributed by atoms with Gasteiger partial charge in [0.05, 0.1) is 0 Å². The maximum Gasteiger partial charge on any atom is 0.0153 e. The molecule has 0 aromatic heterocycles. The van der Waals surface area contributed by atoms with Crippen molar-refractivity contribution in [3.63, 3.8) is 0 Å². The highest BCUT2D eigenvalue weighted by Crippen LogP contribution is 2.38. The molecule has 1 saturated carbocycles. The Morgan fingerprint density at radius 2 is 1.43 bits per heavy atom. The first-order valence-electron chi connectivity index (χ1n) is 7.91. The summed E-state index contributed by atoms with van der Waals surface area (Å²) in [6.07, 6.45) is 9.28. The molecule has 0 atom stereocenters. The number of hydrogen-bond donors (Lipinski definition) is 0. The first kappa shape index (κ1) is 14.5. The summed E-state index contributed by atoms with van der Waals surface area (Å²) in [5, 5.41) is 0.786. The van der Waals surface area contributed by atoms with Crippen molar-refractivity contribution in [2.75, 3.05) is 0 Å².